The lowest BCUT2D eigenvalue weighted by Crippen LogP contribution is -1.93. The number of hydrogen-bond donors (Lipinski definition) is 0. The zero-order valence-electron chi connectivity index (χ0n) is 7.46. The van der Waals surface area contributed by atoms with E-state index in [1.807, 2.05) is 6.07 Å². The first kappa shape index (κ1) is 11.3. The Bertz CT molecular complexity index is 374. The average molecular weight is 276 g/mol. The van der Waals surface area contributed by atoms with Gasteiger partial charge in [0.15, 0.2) is 0 Å². The highest BCUT2D eigenvalue weighted by Crippen LogP contribution is 2.22. The van der Waals surface area contributed by atoms with Gasteiger partial charge < -0.3 is 4.74 Å². The largest absolute Gasteiger partial charge is 0.466 e. The van der Waals surface area contributed by atoms with Crippen LogP contribution in [0.2, 0.25) is 5.02 Å². The highest BCUT2D eigenvalue weighted by atomic mass is 79.9. The SMILES string of the molecule is COC(=O)C=Cc1ccc(Cl)cc1Br. The first-order chi connectivity index (χ1) is 6.63. The summed E-state index contributed by atoms with van der Waals surface area (Å²) in [6.07, 6.45) is 3.01. The first-order valence-electron chi connectivity index (χ1n) is 3.84. The Morgan fingerprint density at radius 3 is 2.86 bits per heavy atom. The molecule has 0 atom stereocenters. The number of halogens is 2. The van der Waals surface area contributed by atoms with Gasteiger partial charge >= 0.3 is 5.97 Å². The molecule has 0 aliphatic heterocycles. The second kappa shape index (κ2) is 5.17. The Kier molecular flexibility index (Phi) is 4.17. The van der Waals surface area contributed by atoms with E-state index in [-0.39, 0.29) is 5.97 Å². The lowest BCUT2D eigenvalue weighted by Gasteiger charge is -1.98. The summed E-state index contributed by atoms with van der Waals surface area (Å²) >= 11 is 9.09. The predicted octanol–water partition coefficient (Wildman–Crippen LogP) is 3.29. The summed E-state index contributed by atoms with van der Waals surface area (Å²) in [6, 6.07) is 5.33. The molecular formula is C10H8BrClO2. The van der Waals surface area contributed by atoms with Crippen molar-refractivity contribution < 1.29 is 9.53 Å². The fourth-order valence-corrected chi connectivity index (χ4v) is 1.68. The number of methoxy groups -OCH3 is 1. The standard InChI is InChI=1S/C10H8BrClO2/c1-14-10(13)5-3-7-2-4-8(12)6-9(7)11/h2-6H,1H3. The van der Waals surface area contributed by atoms with Crippen molar-refractivity contribution in [3.05, 3.63) is 39.3 Å². The Morgan fingerprint density at radius 2 is 2.29 bits per heavy atom. The van der Waals surface area contributed by atoms with Crippen molar-refractivity contribution in [3.8, 4) is 0 Å². The molecule has 74 valence electrons. The van der Waals surface area contributed by atoms with E-state index in [0.29, 0.717) is 5.02 Å². The van der Waals surface area contributed by atoms with E-state index in [1.54, 1.807) is 18.2 Å². The van der Waals surface area contributed by atoms with Crippen molar-refractivity contribution >= 4 is 39.6 Å². The monoisotopic (exact) mass is 274 g/mol. The summed E-state index contributed by atoms with van der Waals surface area (Å²) in [6.45, 7) is 0. The second-order valence-electron chi connectivity index (χ2n) is 2.52. The minimum absolute atomic E-state index is 0.383. The van der Waals surface area contributed by atoms with E-state index in [9.17, 15) is 4.79 Å². The summed E-state index contributed by atoms with van der Waals surface area (Å²) in [5.74, 6) is -0.383. The van der Waals surface area contributed by atoms with Crippen molar-refractivity contribution in [2.24, 2.45) is 0 Å². The van der Waals surface area contributed by atoms with E-state index in [2.05, 4.69) is 20.7 Å². The molecule has 14 heavy (non-hydrogen) atoms. The van der Waals surface area contributed by atoms with E-state index >= 15 is 0 Å². The molecular weight excluding hydrogens is 267 g/mol. The fourth-order valence-electron chi connectivity index (χ4n) is 0.863. The van der Waals surface area contributed by atoms with Crippen molar-refractivity contribution in [2.45, 2.75) is 0 Å². The van der Waals surface area contributed by atoms with Gasteiger partial charge in [-0.05, 0) is 23.8 Å². The van der Waals surface area contributed by atoms with Crippen LogP contribution in [0.1, 0.15) is 5.56 Å². The molecule has 0 saturated carbocycles. The van der Waals surface area contributed by atoms with Crippen LogP contribution in [0.15, 0.2) is 28.7 Å². The molecule has 0 saturated heterocycles. The van der Waals surface area contributed by atoms with Crippen molar-refractivity contribution in [3.63, 3.8) is 0 Å². The molecule has 0 bridgehead atoms. The molecule has 0 N–H and O–H groups in total. The fraction of sp³-hybridized carbons (Fsp3) is 0.100. The van der Waals surface area contributed by atoms with E-state index in [0.717, 1.165) is 10.0 Å². The Hall–Kier alpha value is -0.800. The quantitative estimate of drug-likeness (QED) is 0.611. The molecule has 0 radical (unpaired) electrons. The minimum atomic E-state index is -0.383. The van der Waals surface area contributed by atoms with Gasteiger partial charge in [0.1, 0.15) is 0 Å². The Balaban J connectivity index is 2.87. The normalized spacial score (nSPS) is 10.5. The van der Waals surface area contributed by atoms with Crippen LogP contribution in [0.25, 0.3) is 6.08 Å². The minimum Gasteiger partial charge on any atom is -0.466 e. The van der Waals surface area contributed by atoms with Crippen LogP contribution in [0.5, 0.6) is 0 Å². The Morgan fingerprint density at radius 1 is 1.57 bits per heavy atom. The van der Waals surface area contributed by atoms with Gasteiger partial charge in [0.2, 0.25) is 0 Å². The molecule has 0 heterocycles. The smallest absolute Gasteiger partial charge is 0.330 e. The number of esters is 1. The van der Waals surface area contributed by atoms with Gasteiger partial charge in [0.25, 0.3) is 0 Å². The summed E-state index contributed by atoms with van der Waals surface area (Å²) < 4.78 is 5.31. The summed E-state index contributed by atoms with van der Waals surface area (Å²) in [4.78, 5) is 10.8. The number of benzene rings is 1. The van der Waals surface area contributed by atoms with Gasteiger partial charge in [0, 0.05) is 15.6 Å². The third kappa shape index (κ3) is 3.16. The molecule has 0 aliphatic rings. The number of carbonyl (C=O) groups excluding carboxylic acids is 1. The van der Waals surface area contributed by atoms with Crippen molar-refractivity contribution in [1.82, 2.24) is 0 Å². The van der Waals surface area contributed by atoms with Gasteiger partial charge in [-0.25, -0.2) is 4.79 Å². The van der Waals surface area contributed by atoms with Gasteiger partial charge in [-0.3, -0.25) is 0 Å². The highest BCUT2D eigenvalue weighted by molar-refractivity contribution is 9.10. The third-order valence-electron chi connectivity index (χ3n) is 1.56. The van der Waals surface area contributed by atoms with Crippen LogP contribution >= 0.6 is 27.5 Å². The molecule has 0 fully saturated rings. The number of ether oxygens (including phenoxy) is 1. The molecule has 1 rings (SSSR count). The van der Waals surface area contributed by atoms with Gasteiger partial charge in [-0.15, -0.1) is 0 Å². The third-order valence-corrected chi connectivity index (χ3v) is 2.48. The predicted molar refractivity (Wildman–Crippen MR) is 60.2 cm³/mol. The van der Waals surface area contributed by atoms with Gasteiger partial charge in [-0.1, -0.05) is 33.6 Å². The lowest BCUT2D eigenvalue weighted by molar-refractivity contribution is -0.134. The van der Waals surface area contributed by atoms with Crippen LogP contribution in [-0.4, -0.2) is 13.1 Å². The Labute approximate surface area is 95.6 Å². The molecule has 4 heteroatoms. The van der Waals surface area contributed by atoms with Gasteiger partial charge in [0.05, 0.1) is 7.11 Å². The molecule has 0 spiro atoms. The van der Waals surface area contributed by atoms with Crippen LogP contribution in [0, 0.1) is 0 Å². The van der Waals surface area contributed by atoms with Crippen LogP contribution in [0.4, 0.5) is 0 Å². The van der Waals surface area contributed by atoms with E-state index in [4.69, 9.17) is 11.6 Å². The maximum Gasteiger partial charge on any atom is 0.330 e. The van der Waals surface area contributed by atoms with E-state index in [1.165, 1.54) is 13.2 Å². The van der Waals surface area contributed by atoms with Crippen molar-refractivity contribution in [1.29, 1.82) is 0 Å². The summed E-state index contributed by atoms with van der Waals surface area (Å²) in [7, 11) is 1.34. The maximum absolute atomic E-state index is 10.8. The molecule has 2 nitrogen and oxygen atoms in total. The van der Waals surface area contributed by atoms with E-state index < -0.39 is 0 Å². The number of hydrogen-bond acceptors (Lipinski definition) is 2. The number of rotatable bonds is 2. The molecule has 0 aromatic heterocycles. The molecule has 1 aromatic rings. The lowest BCUT2D eigenvalue weighted by atomic mass is 10.2. The molecule has 1 aromatic carbocycles. The summed E-state index contributed by atoms with van der Waals surface area (Å²) in [5, 5.41) is 0.645. The zero-order chi connectivity index (χ0) is 10.6. The number of carbonyl (C=O) groups is 1. The van der Waals surface area contributed by atoms with Crippen LogP contribution < -0.4 is 0 Å². The maximum atomic E-state index is 10.8. The molecule has 0 unspecified atom stereocenters. The second-order valence-corrected chi connectivity index (χ2v) is 3.81. The average Bonchev–Trinajstić information content (AvgIpc) is 2.16. The molecule has 0 amide bonds. The van der Waals surface area contributed by atoms with Crippen molar-refractivity contribution in [2.75, 3.05) is 7.11 Å². The molecule has 0 aliphatic carbocycles. The summed E-state index contributed by atoms with van der Waals surface area (Å²) in [5.41, 5.74) is 0.875. The topological polar surface area (TPSA) is 26.3 Å². The highest BCUT2D eigenvalue weighted by Gasteiger charge is 1.98. The first-order valence-corrected chi connectivity index (χ1v) is 5.01. The van der Waals surface area contributed by atoms with Gasteiger partial charge in [-0.2, -0.15) is 0 Å². The van der Waals surface area contributed by atoms with Crippen LogP contribution in [-0.2, 0) is 9.53 Å². The van der Waals surface area contributed by atoms with Crippen LogP contribution in [0.3, 0.4) is 0 Å². The zero-order valence-corrected chi connectivity index (χ0v) is 9.80.